The van der Waals surface area contributed by atoms with Crippen molar-refractivity contribution in [1.29, 1.82) is 0 Å². The Bertz CT molecular complexity index is 400. The molecule has 1 heterocycles. The summed E-state index contributed by atoms with van der Waals surface area (Å²) in [6.07, 6.45) is -0.495. The Labute approximate surface area is 101 Å². The number of hydrogen-bond acceptors (Lipinski definition) is 3. The molecule has 1 aliphatic rings. The van der Waals surface area contributed by atoms with Crippen LogP contribution in [0.3, 0.4) is 0 Å². The van der Waals surface area contributed by atoms with Crippen molar-refractivity contribution in [2.24, 2.45) is 5.73 Å². The molecule has 17 heavy (non-hydrogen) atoms. The van der Waals surface area contributed by atoms with E-state index in [0.717, 1.165) is 5.69 Å². The lowest BCUT2D eigenvalue weighted by molar-refractivity contribution is 0.145. The van der Waals surface area contributed by atoms with Gasteiger partial charge in [0.15, 0.2) is 0 Å². The minimum Gasteiger partial charge on any atom is -0.443 e. The van der Waals surface area contributed by atoms with E-state index >= 15 is 0 Å². The number of carbonyl (C=O) groups excluding carboxylic acids is 1. The Morgan fingerprint density at radius 2 is 2.06 bits per heavy atom. The van der Waals surface area contributed by atoms with Crippen LogP contribution in [-0.2, 0) is 4.74 Å². The zero-order chi connectivity index (χ0) is 12.4. The average Bonchev–Trinajstić information content (AvgIpc) is 2.71. The van der Waals surface area contributed by atoms with Gasteiger partial charge in [-0.25, -0.2) is 4.79 Å². The molecule has 2 N–H and O–H groups in total. The van der Waals surface area contributed by atoms with Crippen LogP contribution in [0.15, 0.2) is 24.3 Å². The van der Waals surface area contributed by atoms with E-state index in [0.29, 0.717) is 19.0 Å². The molecule has 0 aromatic heterocycles. The second kappa shape index (κ2) is 4.75. The van der Waals surface area contributed by atoms with E-state index in [1.807, 2.05) is 24.3 Å². The summed E-state index contributed by atoms with van der Waals surface area (Å²) in [5.74, 6) is 0.492. The maximum absolute atomic E-state index is 11.6. The Morgan fingerprint density at radius 1 is 1.41 bits per heavy atom. The number of rotatable bonds is 3. The highest BCUT2D eigenvalue weighted by molar-refractivity contribution is 5.89. The Morgan fingerprint density at radius 3 is 2.53 bits per heavy atom. The summed E-state index contributed by atoms with van der Waals surface area (Å²) in [6.45, 7) is 5.19. The smallest absolute Gasteiger partial charge is 0.414 e. The molecule has 1 fully saturated rings. The summed E-state index contributed by atoms with van der Waals surface area (Å²) in [6, 6.07) is 8.00. The van der Waals surface area contributed by atoms with E-state index in [9.17, 15) is 4.79 Å². The van der Waals surface area contributed by atoms with Gasteiger partial charge >= 0.3 is 6.09 Å². The fraction of sp³-hybridized carbons (Fsp3) is 0.462. The average molecular weight is 234 g/mol. The highest BCUT2D eigenvalue weighted by Crippen LogP contribution is 2.23. The number of nitrogens with two attached hydrogens (primary N) is 1. The third kappa shape index (κ3) is 2.42. The molecule has 0 aliphatic carbocycles. The molecule has 1 amide bonds. The number of cyclic esters (lactones) is 1. The second-order valence-corrected chi connectivity index (χ2v) is 4.60. The zero-order valence-corrected chi connectivity index (χ0v) is 10.2. The molecule has 1 atom stereocenters. The first-order valence-electron chi connectivity index (χ1n) is 5.90. The normalized spacial score (nSPS) is 19.9. The van der Waals surface area contributed by atoms with Crippen molar-refractivity contribution in [2.45, 2.75) is 25.9 Å². The molecule has 0 unspecified atom stereocenters. The van der Waals surface area contributed by atoms with Crippen molar-refractivity contribution in [1.82, 2.24) is 0 Å². The van der Waals surface area contributed by atoms with Crippen molar-refractivity contribution in [3.63, 3.8) is 0 Å². The number of ether oxygens (including phenoxy) is 1. The van der Waals surface area contributed by atoms with E-state index in [-0.39, 0.29) is 12.2 Å². The number of hydrogen-bond donors (Lipinski definition) is 1. The minimum absolute atomic E-state index is 0.188. The maximum Gasteiger partial charge on any atom is 0.414 e. The largest absolute Gasteiger partial charge is 0.443 e. The molecule has 1 aromatic carbocycles. The topological polar surface area (TPSA) is 55.6 Å². The molecular formula is C13H18N2O2. The molecule has 4 nitrogen and oxygen atoms in total. The van der Waals surface area contributed by atoms with E-state index in [2.05, 4.69) is 13.8 Å². The van der Waals surface area contributed by atoms with Gasteiger partial charge in [-0.1, -0.05) is 26.0 Å². The lowest BCUT2D eigenvalue weighted by Gasteiger charge is -2.14. The molecule has 1 aromatic rings. The molecule has 92 valence electrons. The third-order valence-electron chi connectivity index (χ3n) is 3.01. The van der Waals surface area contributed by atoms with Crippen molar-refractivity contribution >= 4 is 11.8 Å². The number of benzene rings is 1. The van der Waals surface area contributed by atoms with Crippen LogP contribution in [0.25, 0.3) is 0 Å². The lowest BCUT2D eigenvalue weighted by atomic mass is 10.0. The van der Waals surface area contributed by atoms with Gasteiger partial charge in [0.1, 0.15) is 6.10 Å². The van der Waals surface area contributed by atoms with Crippen LogP contribution >= 0.6 is 0 Å². The first kappa shape index (κ1) is 11.9. The van der Waals surface area contributed by atoms with Crippen LogP contribution in [-0.4, -0.2) is 25.3 Å². The number of anilines is 1. The Hall–Kier alpha value is -1.55. The summed E-state index contributed by atoms with van der Waals surface area (Å²) in [5.41, 5.74) is 7.63. The first-order valence-corrected chi connectivity index (χ1v) is 5.90. The van der Waals surface area contributed by atoms with E-state index in [4.69, 9.17) is 10.5 Å². The molecule has 1 aliphatic heterocycles. The molecule has 0 saturated carbocycles. The number of amides is 1. The SMILES string of the molecule is CC(C)c1ccc(N2C[C@H](CN)OC2=O)cc1. The van der Waals surface area contributed by atoms with Crippen LogP contribution in [0.5, 0.6) is 0 Å². The fourth-order valence-electron chi connectivity index (χ4n) is 1.89. The monoisotopic (exact) mass is 234 g/mol. The van der Waals surface area contributed by atoms with Crippen LogP contribution < -0.4 is 10.6 Å². The Kier molecular flexibility index (Phi) is 3.33. The van der Waals surface area contributed by atoms with Crippen molar-refractivity contribution < 1.29 is 9.53 Å². The van der Waals surface area contributed by atoms with Gasteiger partial charge in [0, 0.05) is 12.2 Å². The van der Waals surface area contributed by atoms with E-state index in [1.54, 1.807) is 4.90 Å². The predicted molar refractivity (Wildman–Crippen MR) is 67.2 cm³/mol. The summed E-state index contributed by atoms with van der Waals surface area (Å²) in [7, 11) is 0. The lowest BCUT2D eigenvalue weighted by Crippen LogP contribution is -2.27. The van der Waals surface area contributed by atoms with Crippen molar-refractivity contribution in [3.05, 3.63) is 29.8 Å². The second-order valence-electron chi connectivity index (χ2n) is 4.60. The van der Waals surface area contributed by atoms with Gasteiger partial charge in [-0.15, -0.1) is 0 Å². The highest BCUT2D eigenvalue weighted by Gasteiger charge is 2.31. The standard InChI is InChI=1S/C13H18N2O2/c1-9(2)10-3-5-11(6-4-10)15-8-12(7-14)17-13(15)16/h3-6,9,12H,7-8,14H2,1-2H3/t12-/m0/s1. The molecule has 4 heteroatoms. The van der Waals surface area contributed by atoms with Gasteiger partial charge in [-0.3, -0.25) is 4.90 Å². The summed E-state index contributed by atoms with van der Waals surface area (Å²) >= 11 is 0. The van der Waals surface area contributed by atoms with Crippen LogP contribution in [0.2, 0.25) is 0 Å². The number of carbonyl (C=O) groups is 1. The van der Waals surface area contributed by atoms with E-state index < -0.39 is 0 Å². The van der Waals surface area contributed by atoms with Gasteiger partial charge in [0.25, 0.3) is 0 Å². The van der Waals surface area contributed by atoms with Gasteiger partial charge in [0.05, 0.1) is 6.54 Å². The molecule has 0 radical (unpaired) electrons. The minimum atomic E-state index is -0.308. The third-order valence-corrected chi connectivity index (χ3v) is 3.01. The molecule has 1 saturated heterocycles. The Balaban J connectivity index is 2.15. The maximum atomic E-state index is 11.6. The summed E-state index contributed by atoms with van der Waals surface area (Å²) in [5, 5.41) is 0. The quantitative estimate of drug-likeness (QED) is 0.871. The van der Waals surface area contributed by atoms with Crippen molar-refractivity contribution in [2.75, 3.05) is 18.0 Å². The van der Waals surface area contributed by atoms with Gasteiger partial charge in [-0.2, -0.15) is 0 Å². The zero-order valence-electron chi connectivity index (χ0n) is 10.2. The first-order chi connectivity index (χ1) is 8.11. The van der Waals surface area contributed by atoms with Crippen LogP contribution in [0, 0.1) is 0 Å². The highest BCUT2D eigenvalue weighted by atomic mass is 16.6. The molecule has 0 spiro atoms. The molecule has 2 rings (SSSR count). The van der Waals surface area contributed by atoms with Crippen LogP contribution in [0.4, 0.5) is 10.5 Å². The van der Waals surface area contributed by atoms with Crippen molar-refractivity contribution in [3.8, 4) is 0 Å². The number of nitrogens with zero attached hydrogens (tertiary/aromatic N) is 1. The predicted octanol–water partition coefficient (Wildman–Crippen LogP) is 2.09. The molecular weight excluding hydrogens is 216 g/mol. The van der Waals surface area contributed by atoms with E-state index in [1.165, 1.54) is 5.56 Å². The molecule has 0 bridgehead atoms. The van der Waals surface area contributed by atoms with Gasteiger partial charge in [-0.05, 0) is 23.6 Å². The van der Waals surface area contributed by atoms with Gasteiger partial charge < -0.3 is 10.5 Å². The summed E-state index contributed by atoms with van der Waals surface area (Å²) in [4.78, 5) is 13.2. The summed E-state index contributed by atoms with van der Waals surface area (Å²) < 4.78 is 5.12. The fourth-order valence-corrected chi connectivity index (χ4v) is 1.89. The van der Waals surface area contributed by atoms with Crippen LogP contribution in [0.1, 0.15) is 25.3 Å². The van der Waals surface area contributed by atoms with Gasteiger partial charge in [0.2, 0.25) is 0 Å².